The summed E-state index contributed by atoms with van der Waals surface area (Å²) in [6.07, 6.45) is -4.30. The summed E-state index contributed by atoms with van der Waals surface area (Å²) in [5.74, 6) is 0. The Hall–Kier alpha value is -1.62. The lowest BCUT2D eigenvalue weighted by Crippen LogP contribution is -2.28. The lowest BCUT2D eigenvalue weighted by molar-refractivity contribution is -0.142. The standard InChI is InChI=1S/C15H15ClF3N3O3S/c16-10-2-1-3-11(8-10)26(23,24)20-5-6-22-13-4-7-25-9-12(13)14(21-22)15(17,18)19/h1-3,8,20H,4-7,9H2. The molecule has 6 nitrogen and oxygen atoms in total. The van der Waals surface area contributed by atoms with Crippen LogP contribution < -0.4 is 4.72 Å². The van der Waals surface area contributed by atoms with E-state index in [0.29, 0.717) is 18.7 Å². The lowest BCUT2D eigenvalue weighted by Gasteiger charge is -2.15. The first kappa shape index (κ1) is 19.2. The van der Waals surface area contributed by atoms with E-state index in [1.807, 2.05) is 0 Å². The van der Waals surface area contributed by atoms with Gasteiger partial charge in [-0.15, -0.1) is 0 Å². The number of aromatic nitrogens is 2. The van der Waals surface area contributed by atoms with Gasteiger partial charge in [0, 0.05) is 29.2 Å². The lowest BCUT2D eigenvalue weighted by atomic mass is 10.1. The van der Waals surface area contributed by atoms with Gasteiger partial charge in [0.1, 0.15) is 0 Å². The fourth-order valence-corrected chi connectivity index (χ4v) is 4.05. The Kier molecular flexibility index (Phi) is 5.29. The number of fused-ring (bicyclic) bond motifs is 1. The Morgan fingerprint density at radius 3 is 2.81 bits per heavy atom. The molecule has 0 aliphatic carbocycles. The van der Waals surface area contributed by atoms with Crippen molar-refractivity contribution in [3.8, 4) is 0 Å². The van der Waals surface area contributed by atoms with E-state index in [1.54, 1.807) is 0 Å². The topological polar surface area (TPSA) is 73.2 Å². The molecule has 0 fully saturated rings. The zero-order valence-electron chi connectivity index (χ0n) is 13.4. The van der Waals surface area contributed by atoms with E-state index in [4.69, 9.17) is 16.3 Å². The molecule has 0 unspecified atom stereocenters. The van der Waals surface area contributed by atoms with Gasteiger partial charge in [0.15, 0.2) is 5.69 Å². The molecule has 0 saturated carbocycles. The molecule has 26 heavy (non-hydrogen) atoms. The number of ether oxygens (including phenoxy) is 1. The number of hydrogen-bond acceptors (Lipinski definition) is 4. The third kappa shape index (κ3) is 4.03. The van der Waals surface area contributed by atoms with Gasteiger partial charge in [-0.25, -0.2) is 13.1 Å². The Balaban J connectivity index is 1.75. The van der Waals surface area contributed by atoms with Crippen LogP contribution in [0.5, 0.6) is 0 Å². The molecule has 2 heterocycles. The zero-order chi connectivity index (χ0) is 18.9. The molecule has 1 aliphatic rings. The number of benzene rings is 1. The van der Waals surface area contributed by atoms with Crippen LogP contribution >= 0.6 is 11.6 Å². The molecule has 0 bridgehead atoms. The first-order valence-corrected chi connectivity index (χ1v) is 9.53. The number of nitrogens with one attached hydrogen (secondary N) is 1. The highest BCUT2D eigenvalue weighted by molar-refractivity contribution is 7.89. The van der Waals surface area contributed by atoms with Crippen LogP contribution in [0.1, 0.15) is 17.0 Å². The molecule has 1 N–H and O–H groups in total. The molecule has 142 valence electrons. The minimum atomic E-state index is -4.59. The van der Waals surface area contributed by atoms with Crippen LogP contribution in [-0.4, -0.2) is 31.3 Å². The van der Waals surface area contributed by atoms with Crippen molar-refractivity contribution in [2.75, 3.05) is 13.2 Å². The zero-order valence-corrected chi connectivity index (χ0v) is 15.0. The monoisotopic (exact) mass is 409 g/mol. The van der Waals surface area contributed by atoms with E-state index in [0.717, 1.165) is 0 Å². The Morgan fingerprint density at radius 1 is 1.35 bits per heavy atom. The normalized spacial score (nSPS) is 15.1. The van der Waals surface area contributed by atoms with Crippen LogP contribution in [0.25, 0.3) is 0 Å². The van der Waals surface area contributed by atoms with E-state index in [9.17, 15) is 21.6 Å². The molecule has 0 atom stereocenters. The van der Waals surface area contributed by atoms with Crippen LogP contribution in [0.15, 0.2) is 29.2 Å². The Morgan fingerprint density at radius 2 is 2.12 bits per heavy atom. The smallest absolute Gasteiger partial charge is 0.376 e. The van der Waals surface area contributed by atoms with Crippen LogP contribution in [0.3, 0.4) is 0 Å². The summed E-state index contributed by atoms with van der Waals surface area (Å²) in [4.78, 5) is -0.0168. The van der Waals surface area contributed by atoms with Crippen LogP contribution in [0, 0.1) is 0 Å². The van der Waals surface area contributed by atoms with E-state index >= 15 is 0 Å². The summed E-state index contributed by atoms with van der Waals surface area (Å²) < 4.78 is 72.4. The van der Waals surface area contributed by atoms with Gasteiger partial charge in [0.25, 0.3) is 0 Å². The minimum absolute atomic E-state index is 0.0152. The van der Waals surface area contributed by atoms with E-state index < -0.39 is 21.9 Å². The molecule has 0 amide bonds. The molecule has 11 heteroatoms. The molecule has 0 saturated heterocycles. The maximum Gasteiger partial charge on any atom is 0.435 e. The fraction of sp³-hybridized carbons (Fsp3) is 0.400. The van der Waals surface area contributed by atoms with Crippen molar-refractivity contribution in [2.45, 2.75) is 30.6 Å². The van der Waals surface area contributed by atoms with Crippen molar-refractivity contribution in [3.05, 3.63) is 46.2 Å². The van der Waals surface area contributed by atoms with E-state index in [1.165, 1.54) is 28.9 Å². The molecule has 0 spiro atoms. The second kappa shape index (κ2) is 7.18. The predicted octanol–water partition coefficient (Wildman–Crippen LogP) is 2.61. The molecule has 1 aromatic heterocycles. The Labute approximate surface area is 153 Å². The van der Waals surface area contributed by atoms with Crippen molar-refractivity contribution < 1.29 is 26.3 Å². The number of sulfonamides is 1. The van der Waals surface area contributed by atoms with Crippen molar-refractivity contribution >= 4 is 21.6 Å². The summed E-state index contributed by atoms with van der Waals surface area (Å²) in [5, 5.41) is 3.89. The van der Waals surface area contributed by atoms with Crippen LogP contribution in [0.4, 0.5) is 13.2 Å². The Bertz CT molecular complexity index is 913. The largest absolute Gasteiger partial charge is 0.435 e. The van der Waals surface area contributed by atoms with Crippen molar-refractivity contribution in [2.24, 2.45) is 0 Å². The molecule has 0 radical (unpaired) electrons. The molecular weight excluding hydrogens is 395 g/mol. The summed E-state index contributed by atoms with van der Waals surface area (Å²) in [7, 11) is -3.82. The average Bonchev–Trinajstić information content (AvgIpc) is 2.94. The number of alkyl halides is 3. The number of halogens is 4. The summed E-state index contributed by atoms with van der Waals surface area (Å²) in [6, 6.07) is 5.70. The summed E-state index contributed by atoms with van der Waals surface area (Å²) >= 11 is 5.78. The third-order valence-electron chi connectivity index (χ3n) is 3.89. The second-order valence-electron chi connectivity index (χ2n) is 5.65. The fourth-order valence-electron chi connectivity index (χ4n) is 2.72. The van der Waals surface area contributed by atoms with Gasteiger partial charge in [-0.3, -0.25) is 4.68 Å². The summed E-state index contributed by atoms with van der Waals surface area (Å²) in [6.45, 7) is 0.00196. The highest BCUT2D eigenvalue weighted by Crippen LogP contribution is 2.34. The average molecular weight is 410 g/mol. The van der Waals surface area contributed by atoms with Gasteiger partial charge < -0.3 is 4.74 Å². The third-order valence-corrected chi connectivity index (χ3v) is 5.58. The molecular formula is C15H15ClF3N3O3S. The van der Waals surface area contributed by atoms with Gasteiger partial charge in [-0.1, -0.05) is 17.7 Å². The molecule has 1 aromatic carbocycles. The van der Waals surface area contributed by atoms with Crippen LogP contribution in [0.2, 0.25) is 5.02 Å². The summed E-state index contributed by atoms with van der Waals surface area (Å²) in [5.41, 5.74) is -0.545. The number of nitrogens with zero attached hydrogens (tertiary/aromatic N) is 2. The quantitative estimate of drug-likeness (QED) is 0.823. The number of hydrogen-bond donors (Lipinski definition) is 1. The molecule has 1 aliphatic heterocycles. The maximum atomic E-state index is 13.1. The highest BCUT2D eigenvalue weighted by Gasteiger charge is 2.39. The number of rotatable bonds is 5. The van der Waals surface area contributed by atoms with Crippen LogP contribution in [-0.2, 0) is 40.5 Å². The first-order valence-electron chi connectivity index (χ1n) is 7.67. The SMILES string of the molecule is O=S(=O)(NCCn1nc(C(F)(F)F)c2c1CCOC2)c1cccc(Cl)c1. The van der Waals surface area contributed by atoms with Gasteiger partial charge in [-0.05, 0) is 18.2 Å². The molecule has 2 aromatic rings. The van der Waals surface area contributed by atoms with Gasteiger partial charge in [0.2, 0.25) is 10.0 Å². The first-order chi connectivity index (χ1) is 12.2. The van der Waals surface area contributed by atoms with Crippen molar-refractivity contribution in [3.63, 3.8) is 0 Å². The highest BCUT2D eigenvalue weighted by atomic mass is 35.5. The van der Waals surface area contributed by atoms with Gasteiger partial charge >= 0.3 is 6.18 Å². The maximum absolute atomic E-state index is 13.1. The predicted molar refractivity (Wildman–Crippen MR) is 87.2 cm³/mol. The minimum Gasteiger partial charge on any atom is -0.376 e. The van der Waals surface area contributed by atoms with E-state index in [-0.39, 0.29) is 35.2 Å². The van der Waals surface area contributed by atoms with Crippen molar-refractivity contribution in [1.29, 1.82) is 0 Å². The molecule has 3 rings (SSSR count). The van der Waals surface area contributed by atoms with Gasteiger partial charge in [0.05, 0.1) is 24.7 Å². The van der Waals surface area contributed by atoms with Gasteiger partial charge in [-0.2, -0.15) is 18.3 Å². The second-order valence-corrected chi connectivity index (χ2v) is 7.86. The van der Waals surface area contributed by atoms with E-state index in [2.05, 4.69) is 9.82 Å². The van der Waals surface area contributed by atoms with Crippen molar-refractivity contribution in [1.82, 2.24) is 14.5 Å².